The fourth-order valence-electron chi connectivity index (χ4n) is 3.38. The van der Waals surface area contributed by atoms with Crippen LogP contribution in [0.1, 0.15) is 13.8 Å². The quantitative estimate of drug-likeness (QED) is 0.202. The molecule has 0 aromatic rings. The number of nitrogens with one attached hydrogen (secondary N) is 2. The van der Waals surface area contributed by atoms with Crippen LogP contribution in [0.4, 0.5) is 0 Å². The Balaban J connectivity index is 2.26. The first-order valence-electron chi connectivity index (χ1n) is 9.05. The highest BCUT2D eigenvalue weighted by Gasteiger charge is 2.51. The molecular weight excluding hydrogens is 396 g/mol. The molecule has 0 aromatic carbocycles. The number of amides is 2. The van der Waals surface area contributed by atoms with E-state index in [1.807, 2.05) is 0 Å². The minimum atomic E-state index is -1.64. The molecule has 2 fully saturated rings. The summed E-state index contributed by atoms with van der Waals surface area (Å²) >= 11 is 0. The summed E-state index contributed by atoms with van der Waals surface area (Å²) in [6, 6.07) is -2.59. The molecule has 2 aliphatic rings. The molecule has 2 amide bonds. The van der Waals surface area contributed by atoms with E-state index in [-0.39, 0.29) is 0 Å². The minimum absolute atomic E-state index is 0.568. The molecule has 0 saturated carbocycles. The van der Waals surface area contributed by atoms with Gasteiger partial charge in [0.1, 0.15) is 48.7 Å². The van der Waals surface area contributed by atoms with Gasteiger partial charge in [-0.25, -0.2) is 0 Å². The number of hydrogen-bond acceptors (Lipinski definition) is 11. The van der Waals surface area contributed by atoms with Crippen molar-refractivity contribution in [1.29, 1.82) is 0 Å². The highest BCUT2D eigenvalue weighted by atomic mass is 16.7. The van der Waals surface area contributed by atoms with E-state index in [1.165, 1.54) is 0 Å². The minimum Gasteiger partial charge on any atom is -0.394 e. The fourth-order valence-corrected chi connectivity index (χ4v) is 3.38. The summed E-state index contributed by atoms with van der Waals surface area (Å²) in [4.78, 5) is 22.8. The second-order valence-electron chi connectivity index (χ2n) is 7.00. The molecule has 0 aromatic heterocycles. The average Bonchev–Trinajstić information content (AvgIpc) is 2.65. The molecule has 2 saturated heterocycles. The fraction of sp³-hybridized carbons (Fsp3) is 0.875. The highest BCUT2D eigenvalue weighted by molar-refractivity contribution is 5.73. The van der Waals surface area contributed by atoms with Crippen molar-refractivity contribution >= 4 is 11.8 Å². The average molecular weight is 424 g/mol. The molecule has 0 aliphatic carbocycles. The van der Waals surface area contributed by atoms with Crippen molar-refractivity contribution in [3.05, 3.63) is 0 Å². The second kappa shape index (κ2) is 10.1. The Kier molecular flexibility index (Phi) is 8.28. The maximum atomic E-state index is 11.5. The summed E-state index contributed by atoms with van der Waals surface area (Å²) in [6.07, 6.45) is -11.7. The lowest BCUT2D eigenvalue weighted by atomic mass is 9.94. The van der Waals surface area contributed by atoms with Crippen LogP contribution in [-0.4, -0.2) is 117 Å². The molecule has 2 rings (SSSR count). The van der Waals surface area contributed by atoms with E-state index in [2.05, 4.69) is 10.6 Å². The predicted molar refractivity (Wildman–Crippen MR) is 91.8 cm³/mol. The van der Waals surface area contributed by atoms with Crippen molar-refractivity contribution in [2.24, 2.45) is 0 Å². The molecule has 13 nitrogen and oxygen atoms in total. The molecule has 0 bridgehead atoms. The van der Waals surface area contributed by atoms with Crippen molar-refractivity contribution in [3.8, 4) is 0 Å². The zero-order valence-corrected chi connectivity index (χ0v) is 15.9. The Bertz CT molecular complexity index is 579. The van der Waals surface area contributed by atoms with Crippen LogP contribution in [0.15, 0.2) is 0 Å². The smallest absolute Gasteiger partial charge is 0.217 e. The molecule has 0 radical (unpaired) electrons. The Morgan fingerprint density at radius 1 is 0.828 bits per heavy atom. The Hall–Kier alpha value is -1.42. The van der Waals surface area contributed by atoms with Crippen molar-refractivity contribution in [2.45, 2.75) is 75.1 Å². The molecule has 8 N–H and O–H groups in total. The second-order valence-corrected chi connectivity index (χ2v) is 7.00. The molecule has 0 unspecified atom stereocenters. The molecule has 13 heteroatoms. The van der Waals surface area contributed by atoms with Gasteiger partial charge in [-0.1, -0.05) is 0 Å². The third kappa shape index (κ3) is 5.39. The Morgan fingerprint density at radius 2 is 1.38 bits per heavy atom. The van der Waals surface area contributed by atoms with Gasteiger partial charge in [-0.15, -0.1) is 0 Å². The number of aliphatic hydroxyl groups is 6. The monoisotopic (exact) mass is 424 g/mol. The van der Waals surface area contributed by atoms with E-state index < -0.39 is 86.3 Å². The zero-order chi connectivity index (χ0) is 21.9. The van der Waals surface area contributed by atoms with Gasteiger partial charge in [-0.3, -0.25) is 9.59 Å². The molecule has 2 heterocycles. The number of carbonyl (C=O) groups is 2. The van der Waals surface area contributed by atoms with Crippen LogP contribution in [-0.2, 0) is 23.8 Å². The number of ether oxygens (including phenoxy) is 3. The van der Waals surface area contributed by atoms with Crippen molar-refractivity contribution in [2.75, 3.05) is 13.2 Å². The van der Waals surface area contributed by atoms with Gasteiger partial charge in [-0.2, -0.15) is 0 Å². The van der Waals surface area contributed by atoms with Gasteiger partial charge < -0.3 is 55.5 Å². The van der Waals surface area contributed by atoms with E-state index >= 15 is 0 Å². The van der Waals surface area contributed by atoms with E-state index in [1.54, 1.807) is 0 Å². The number of aliphatic hydroxyl groups excluding tert-OH is 6. The van der Waals surface area contributed by atoms with Crippen LogP contribution in [0, 0.1) is 0 Å². The lowest BCUT2D eigenvalue weighted by Gasteiger charge is -2.47. The maximum Gasteiger partial charge on any atom is 0.217 e. The summed E-state index contributed by atoms with van der Waals surface area (Å²) in [5.74, 6) is -1.14. The molecular formula is C16H28N2O11. The first-order valence-corrected chi connectivity index (χ1v) is 9.05. The SMILES string of the molecule is CC(=O)N[C@@H]1[C@@H](O)[C@@H](O[C@@H]2O[C@H](CO)[C@H](O)[C@H](O)[C@H]2NC(C)=O)[C@@H](CO)O[C@@H]1O. The van der Waals surface area contributed by atoms with Gasteiger partial charge in [0.05, 0.1) is 13.2 Å². The van der Waals surface area contributed by atoms with E-state index in [0.717, 1.165) is 13.8 Å². The van der Waals surface area contributed by atoms with Crippen LogP contribution in [0.5, 0.6) is 0 Å². The third-order valence-electron chi connectivity index (χ3n) is 4.78. The molecule has 2 aliphatic heterocycles. The maximum absolute atomic E-state index is 11.5. The first kappa shape index (κ1) is 23.9. The molecule has 29 heavy (non-hydrogen) atoms. The molecule has 10 atom stereocenters. The summed E-state index contributed by atoms with van der Waals surface area (Å²) in [7, 11) is 0. The van der Waals surface area contributed by atoms with Crippen LogP contribution >= 0.6 is 0 Å². The van der Waals surface area contributed by atoms with Crippen LogP contribution in [0.25, 0.3) is 0 Å². The van der Waals surface area contributed by atoms with E-state index in [4.69, 9.17) is 14.2 Å². The van der Waals surface area contributed by atoms with Gasteiger partial charge in [-0.05, 0) is 0 Å². The van der Waals surface area contributed by atoms with Gasteiger partial charge in [0, 0.05) is 13.8 Å². The normalized spacial score (nSPS) is 42.9. The number of rotatable bonds is 6. The lowest BCUT2D eigenvalue weighted by Crippen LogP contribution is -2.69. The lowest BCUT2D eigenvalue weighted by molar-refractivity contribution is -0.327. The van der Waals surface area contributed by atoms with Crippen LogP contribution < -0.4 is 10.6 Å². The van der Waals surface area contributed by atoms with Crippen LogP contribution in [0.2, 0.25) is 0 Å². The largest absolute Gasteiger partial charge is 0.394 e. The summed E-state index contributed by atoms with van der Waals surface area (Å²) < 4.78 is 16.3. The predicted octanol–water partition coefficient (Wildman–Crippen LogP) is -5.11. The van der Waals surface area contributed by atoms with Crippen molar-refractivity contribution in [3.63, 3.8) is 0 Å². The van der Waals surface area contributed by atoms with Gasteiger partial charge in [0.25, 0.3) is 0 Å². The van der Waals surface area contributed by atoms with Crippen molar-refractivity contribution in [1.82, 2.24) is 10.6 Å². The summed E-state index contributed by atoms with van der Waals surface area (Å²) in [5, 5.41) is 64.5. The standard InChI is InChI=1S/C16H28N2O11/c1-5(21)17-9-13(25)14(8(4-20)27-15(9)26)29-16-10(18-6(2)22)12(24)11(23)7(3-19)28-16/h7-16,19-20,23-26H,3-4H2,1-2H3,(H,17,21)(H,18,22)/t7-,8-,9-,10-,11+,12-,13-,14+,15+,16+/m1/s1. The summed E-state index contributed by atoms with van der Waals surface area (Å²) in [6.45, 7) is 0.962. The number of carbonyl (C=O) groups excluding carboxylic acids is 2. The third-order valence-corrected chi connectivity index (χ3v) is 4.78. The topological polar surface area (TPSA) is 207 Å². The van der Waals surface area contributed by atoms with Gasteiger partial charge in [0.15, 0.2) is 12.6 Å². The Morgan fingerprint density at radius 3 is 1.90 bits per heavy atom. The van der Waals surface area contributed by atoms with Crippen molar-refractivity contribution < 1.29 is 54.4 Å². The first-order chi connectivity index (χ1) is 13.6. The number of hydrogen-bond donors (Lipinski definition) is 8. The van der Waals surface area contributed by atoms with E-state index in [9.17, 15) is 40.2 Å². The zero-order valence-electron chi connectivity index (χ0n) is 15.9. The van der Waals surface area contributed by atoms with E-state index in [0.29, 0.717) is 0 Å². The van der Waals surface area contributed by atoms with Gasteiger partial charge >= 0.3 is 0 Å². The van der Waals surface area contributed by atoms with Gasteiger partial charge in [0.2, 0.25) is 11.8 Å². The Labute approximate surface area is 166 Å². The molecule has 168 valence electrons. The summed E-state index contributed by atoms with van der Waals surface area (Å²) in [5.41, 5.74) is 0. The molecule has 0 spiro atoms. The highest BCUT2D eigenvalue weighted by Crippen LogP contribution is 2.28. The van der Waals surface area contributed by atoms with Crippen LogP contribution in [0.3, 0.4) is 0 Å².